The van der Waals surface area contributed by atoms with Crippen LogP contribution in [0.25, 0.3) is 11.0 Å². The summed E-state index contributed by atoms with van der Waals surface area (Å²) >= 11 is 18.3. The van der Waals surface area contributed by atoms with E-state index in [9.17, 15) is 4.79 Å². The van der Waals surface area contributed by atoms with Crippen LogP contribution in [-0.2, 0) is 0 Å². The SMILES string of the molecule is Cc1ccc2nsnc2c1NC(=S)NC(=O)c1cc(Cl)ccc1Cl. The number of carbonyl (C=O) groups excluding carboxylic acids is 1. The molecule has 2 aromatic carbocycles. The zero-order valence-electron chi connectivity index (χ0n) is 12.3. The largest absolute Gasteiger partial charge is 0.330 e. The maximum Gasteiger partial charge on any atom is 0.258 e. The van der Waals surface area contributed by atoms with Crippen LogP contribution in [0.2, 0.25) is 10.0 Å². The number of halogens is 2. The van der Waals surface area contributed by atoms with Gasteiger partial charge in [-0.2, -0.15) is 8.75 Å². The molecule has 0 spiro atoms. The predicted molar refractivity (Wildman–Crippen MR) is 102 cm³/mol. The topological polar surface area (TPSA) is 66.9 Å². The third kappa shape index (κ3) is 3.49. The average Bonchev–Trinajstić information content (AvgIpc) is 3.01. The highest BCUT2D eigenvalue weighted by molar-refractivity contribution is 7.80. The molecule has 3 aromatic rings. The molecule has 1 aromatic heterocycles. The summed E-state index contributed by atoms with van der Waals surface area (Å²) in [6.07, 6.45) is 0. The number of hydrogen-bond donors (Lipinski definition) is 2. The number of aryl methyl sites for hydroxylation is 1. The summed E-state index contributed by atoms with van der Waals surface area (Å²) in [6, 6.07) is 8.44. The quantitative estimate of drug-likeness (QED) is 0.626. The number of fused-ring (bicyclic) bond motifs is 1. The van der Waals surface area contributed by atoms with Gasteiger partial charge in [-0.1, -0.05) is 29.3 Å². The Kier molecular flexibility index (Phi) is 4.96. The summed E-state index contributed by atoms with van der Waals surface area (Å²) in [4.78, 5) is 12.3. The number of carbonyl (C=O) groups is 1. The van der Waals surface area contributed by atoms with Crippen LogP contribution in [0.4, 0.5) is 5.69 Å². The van der Waals surface area contributed by atoms with Crippen molar-refractivity contribution in [3.63, 3.8) is 0 Å². The van der Waals surface area contributed by atoms with Crippen molar-refractivity contribution >= 4 is 74.9 Å². The normalized spacial score (nSPS) is 10.6. The first kappa shape index (κ1) is 17.0. The lowest BCUT2D eigenvalue weighted by molar-refractivity contribution is 0.0978. The Bertz CT molecular complexity index is 958. The van der Waals surface area contributed by atoms with Crippen molar-refractivity contribution in [1.29, 1.82) is 0 Å². The lowest BCUT2D eigenvalue weighted by Gasteiger charge is -2.12. The predicted octanol–water partition coefficient (Wildman–Crippen LogP) is 4.43. The Hall–Kier alpha value is -1.80. The van der Waals surface area contributed by atoms with Gasteiger partial charge in [0.1, 0.15) is 11.0 Å². The lowest BCUT2D eigenvalue weighted by Crippen LogP contribution is -2.34. The first-order valence-corrected chi connectivity index (χ1v) is 8.64. The Morgan fingerprint density at radius 2 is 2.00 bits per heavy atom. The monoisotopic (exact) mass is 396 g/mol. The van der Waals surface area contributed by atoms with Crippen molar-refractivity contribution in [2.75, 3.05) is 5.32 Å². The molecule has 0 radical (unpaired) electrons. The van der Waals surface area contributed by atoms with E-state index in [2.05, 4.69) is 19.4 Å². The molecule has 5 nitrogen and oxygen atoms in total. The molecule has 0 aliphatic carbocycles. The smallest absolute Gasteiger partial charge is 0.258 e. The minimum absolute atomic E-state index is 0.139. The highest BCUT2D eigenvalue weighted by Crippen LogP contribution is 2.25. The van der Waals surface area contributed by atoms with Gasteiger partial charge in [0, 0.05) is 5.02 Å². The summed E-state index contributed by atoms with van der Waals surface area (Å²) in [5.41, 5.74) is 3.37. The highest BCUT2D eigenvalue weighted by Gasteiger charge is 2.15. The van der Waals surface area contributed by atoms with Gasteiger partial charge in [0.25, 0.3) is 5.91 Å². The van der Waals surface area contributed by atoms with E-state index in [-0.39, 0.29) is 10.7 Å². The molecule has 0 aliphatic rings. The zero-order valence-corrected chi connectivity index (χ0v) is 15.4. The number of anilines is 1. The fraction of sp³-hybridized carbons (Fsp3) is 0.0667. The van der Waals surface area contributed by atoms with E-state index in [1.54, 1.807) is 12.1 Å². The fourth-order valence-electron chi connectivity index (χ4n) is 2.10. The number of thiocarbonyl (C=S) groups is 1. The Balaban J connectivity index is 1.80. The molecule has 0 bridgehead atoms. The summed E-state index contributed by atoms with van der Waals surface area (Å²) in [5.74, 6) is -0.443. The molecule has 0 aliphatic heterocycles. The maximum atomic E-state index is 12.3. The molecule has 0 saturated carbocycles. The zero-order chi connectivity index (χ0) is 17.3. The van der Waals surface area contributed by atoms with Gasteiger partial charge in [-0.3, -0.25) is 10.1 Å². The number of rotatable bonds is 2. The van der Waals surface area contributed by atoms with Crippen LogP contribution in [0, 0.1) is 6.92 Å². The molecular weight excluding hydrogens is 387 g/mol. The molecule has 0 atom stereocenters. The summed E-state index contributed by atoms with van der Waals surface area (Å²) in [5, 5.41) is 6.44. The molecule has 0 saturated heterocycles. The van der Waals surface area contributed by atoms with Gasteiger partial charge in [0.2, 0.25) is 0 Å². The van der Waals surface area contributed by atoms with Crippen LogP contribution in [-0.4, -0.2) is 19.8 Å². The van der Waals surface area contributed by atoms with Crippen molar-refractivity contribution in [3.8, 4) is 0 Å². The van der Waals surface area contributed by atoms with Crippen LogP contribution in [0.5, 0.6) is 0 Å². The number of benzene rings is 2. The molecule has 9 heteroatoms. The molecule has 2 N–H and O–H groups in total. The first-order valence-electron chi connectivity index (χ1n) is 6.75. The van der Waals surface area contributed by atoms with Gasteiger partial charge in [-0.05, 0) is 49.0 Å². The number of amides is 1. The van der Waals surface area contributed by atoms with Crippen LogP contribution < -0.4 is 10.6 Å². The second-order valence-electron chi connectivity index (χ2n) is 4.92. The van der Waals surface area contributed by atoms with Gasteiger partial charge >= 0.3 is 0 Å². The van der Waals surface area contributed by atoms with Gasteiger partial charge in [-0.15, -0.1) is 0 Å². The molecule has 24 heavy (non-hydrogen) atoms. The van der Waals surface area contributed by atoms with E-state index in [1.807, 2.05) is 19.1 Å². The summed E-state index contributed by atoms with van der Waals surface area (Å²) in [6.45, 7) is 1.92. The molecule has 0 fully saturated rings. The van der Waals surface area contributed by atoms with Crippen molar-refractivity contribution in [1.82, 2.24) is 14.1 Å². The van der Waals surface area contributed by atoms with E-state index in [0.717, 1.165) is 22.8 Å². The van der Waals surface area contributed by atoms with E-state index in [1.165, 1.54) is 6.07 Å². The first-order chi connectivity index (χ1) is 11.5. The van der Waals surface area contributed by atoms with Crippen molar-refractivity contribution in [2.45, 2.75) is 6.92 Å². The van der Waals surface area contributed by atoms with E-state index < -0.39 is 5.91 Å². The Morgan fingerprint density at radius 1 is 1.21 bits per heavy atom. The molecule has 1 heterocycles. The molecule has 122 valence electrons. The Morgan fingerprint density at radius 3 is 2.79 bits per heavy atom. The maximum absolute atomic E-state index is 12.3. The highest BCUT2D eigenvalue weighted by atomic mass is 35.5. The minimum atomic E-state index is -0.443. The van der Waals surface area contributed by atoms with E-state index in [4.69, 9.17) is 35.4 Å². The van der Waals surface area contributed by atoms with Crippen LogP contribution in [0.1, 0.15) is 15.9 Å². The molecule has 3 rings (SSSR count). The molecule has 0 unspecified atom stereocenters. The summed E-state index contributed by atoms with van der Waals surface area (Å²) in [7, 11) is 0. The third-order valence-electron chi connectivity index (χ3n) is 3.27. The third-order valence-corrected chi connectivity index (χ3v) is 4.59. The standard InChI is InChI=1S/C15H10Cl2N4OS2/c1-7-2-5-11-13(21-24-20-11)12(7)18-15(23)19-14(22)9-6-8(16)3-4-10(9)17/h2-6H,1H3,(H2,18,19,22,23). The molecular formula is C15H10Cl2N4OS2. The van der Waals surface area contributed by atoms with Gasteiger partial charge in [0.05, 0.1) is 28.0 Å². The van der Waals surface area contributed by atoms with Crippen LogP contribution in [0.3, 0.4) is 0 Å². The number of aromatic nitrogens is 2. The van der Waals surface area contributed by atoms with Gasteiger partial charge < -0.3 is 5.32 Å². The van der Waals surface area contributed by atoms with E-state index >= 15 is 0 Å². The van der Waals surface area contributed by atoms with Crippen LogP contribution in [0.15, 0.2) is 30.3 Å². The average molecular weight is 397 g/mol. The minimum Gasteiger partial charge on any atom is -0.330 e. The second-order valence-corrected chi connectivity index (χ2v) is 6.70. The lowest BCUT2D eigenvalue weighted by atomic mass is 10.1. The van der Waals surface area contributed by atoms with Crippen LogP contribution >= 0.6 is 47.1 Å². The van der Waals surface area contributed by atoms with Crippen molar-refractivity contribution in [3.05, 3.63) is 51.5 Å². The van der Waals surface area contributed by atoms with Crippen molar-refractivity contribution < 1.29 is 4.79 Å². The van der Waals surface area contributed by atoms with Gasteiger partial charge in [-0.25, -0.2) is 0 Å². The summed E-state index contributed by atoms with van der Waals surface area (Å²) < 4.78 is 8.44. The Labute approximate surface area is 157 Å². The fourth-order valence-corrected chi connectivity index (χ4v) is 3.21. The van der Waals surface area contributed by atoms with Crippen molar-refractivity contribution in [2.24, 2.45) is 0 Å². The molecule has 1 amide bonds. The number of nitrogens with one attached hydrogen (secondary N) is 2. The van der Waals surface area contributed by atoms with Gasteiger partial charge in [0.15, 0.2) is 5.11 Å². The number of nitrogens with zero attached hydrogens (tertiary/aromatic N) is 2. The second kappa shape index (κ2) is 6.98. The van der Waals surface area contributed by atoms with E-state index in [0.29, 0.717) is 21.2 Å². The number of hydrogen-bond acceptors (Lipinski definition) is 5.